The Hall–Kier alpha value is -1.48. The molecule has 0 atom stereocenters. The molecule has 1 heterocycles. The van der Waals surface area contributed by atoms with Crippen LogP contribution in [0.25, 0.3) is 0 Å². The zero-order valence-electron chi connectivity index (χ0n) is 11.4. The van der Waals surface area contributed by atoms with E-state index in [2.05, 4.69) is 36.7 Å². The van der Waals surface area contributed by atoms with Crippen molar-refractivity contribution in [2.75, 3.05) is 5.32 Å². The van der Waals surface area contributed by atoms with E-state index >= 15 is 0 Å². The Morgan fingerprint density at radius 1 is 1.26 bits per heavy atom. The number of nitrogens with zero attached hydrogens (tertiary/aromatic N) is 1. The molecule has 19 heavy (non-hydrogen) atoms. The van der Waals surface area contributed by atoms with Gasteiger partial charge in [0, 0.05) is 29.5 Å². The van der Waals surface area contributed by atoms with Crippen LogP contribution in [0.1, 0.15) is 23.9 Å². The van der Waals surface area contributed by atoms with Crippen LogP contribution in [0.15, 0.2) is 24.3 Å². The molecule has 0 saturated carbocycles. The van der Waals surface area contributed by atoms with E-state index < -0.39 is 0 Å². The Kier molecular flexibility index (Phi) is 4.15. The fraction of sp³-hybridized carbons (Fsp3) is 0.333. The van der Waals surface area contributed by atoms with Gasteiger partial charge < -0.3 is 9.88 Å². The molecular weight excluding hydrogens is 263 g/mol. The summed E-state index contributed by atoms with van der Waals surface area (Å²) in [5.41, 5.74) is 4.12. The van der Waals surface area contributed by atoms with Crippen molar-refractivity contribution in [2.45, 2.75) is 33.9 Å². The van der Waals surface area contributed by atoms with E-state index in [-0.39, 0.29) is 5.82 Å². The molecule has 4 heteroatoms. The first-order valence-corrected chi connectivity index (χ1v) is 6.75. The molecule has 1 N–H and O–H groups in total. The van der Waals surface area contributed by atoms with Gasteiger partial charge in [0.1, 0.15) is 5.82 Å². The first-order chi connectivity index (χ1) is 9.02. The largest absolute Gasteiger partial charge is 0.379 e. The van der Waals surface area contributed by atoms with Crippen LogP contribution in [0.5, 0.6) is 0 Å². The molecule has 0 radical (unpaired) electrons. The zero-order chi connectivity index (χ0) is 14.0. The third-order valence-electron chi connectivity index (χ3n) is 3.40. The number of benzene rings is 1. The molecule has 0 fully saturated rings. The molecule has 0 amide bonds. The third-order valence-corrected chi connectivity index (χ3v) is 3.63. The summed E-state index contributed by atoms with van der Waals surface area (Å²) in [6.45, 7) is 7.86. The summed E-state index contributed by atoms with van der Waals surface area (Å²) in [5, 5.41) is 3.52. The topological polar surface area (TPSA) is 17.0 Å². The van der Waals surface area contributed by atoms with Gasteiger partial charge in [0.25, 0.3) is 0 Å². The minimum absolute atomic E-state index is 0.322. The Morgan fingerprint density at radius 3 is 2.58 bits per heavy atom. The second-order valence-corrected chi connectivity index (χ2v) is 5.05. The van der Waals surface area contributed by atoms with E-state index in [0.29, 0.717) is 17.3 Å². The molecule has 0 aliphatic heterocycles. The average Bonchev–Trinajstić information content (AvgIpc) is 2.63. The van der Waals surface area contributed by atoms with Crippen molar-refractivity contribution in [3.05, 3.63) is 52.1 Å². The maximum atomic E-state index is 13.7. The lowest BCUT2D eigenvalue weighted by Crippen LogP contribution is -2.04. The van der Waals surface area contributed by atoms with Gasteiger partial charge in [0.05, 0.1) is 5.69 Å². The summed E-state index contributed by atoms with van der Waals surface area (Å²) in [5.74, 6) is -0.322. The van der Waals surface area contributed by atoms with Crippen molar-refractivity contribution < 1.29 is 4.39 Å². The average molecular weight is 281 g/mol. The summed E-state index contributed by atoms with van der Waals surface area (Å²) in [6.07, 6.45) is 0. The van der Waals surface area contributed by atoms with Crippen LogP contribution in [0, 0.1) is 19.7 Å². The van der Waals surface area contributed by atoms with E-state index in [1.54, 1.807) is 12.1 Å². The standard InChI is InChI=1S/C15H18ClFN2/c1-4-19-10(2)7-12(11(19)3)9-18-15-6-5-13(16)8-14(15)17/h5-8,18H,4,9H2,1-3H3. The minimum atomic E-state index is -0.322. The van der Waals surface area contributed by atoms with Crippen LogP contribution in [0.3, 0.4) is 0 Å². The van der Waals surface area contributed by atoms with Gasteiger partial charge in [0.2, 0.25) is 0 Å². The second-order valence-electron chi connectivity index (χ2n) is 4.62. The first-order valence-electron chi connectivity index (χ1n) is 6.37. The van der Waals surface area contributed by atoms with Gasteiger partial charge in [-0.1, -0.05) is 11.6 Å². The van der Waals surface area contributed by atoms with E-state index in [1.807, 2.05) is 0 Å². The third kappa shape index (κ3) is 2.92. The number of hydrogen-bond donors (Lipinski definition) is 1. The van der Waals surface area contributed by atoms with Gasteiger partial charge in [-0.15, -0.1) is 0 Å². The van der Waals surface area contributed by atoms with Gasteiger partial charge in [-0.25, -0.2) is 4.39 Å². The lowest BCUT2D eigenvalue weighted by atomic mass is 10.2. The maximum Gasteiger partial charge on any atom is 0.147 e. The van der Waals surface area contributed by atoms with Crippen LogP contribution in [0.4, 0.5) is 10.1 Å². The molecule has 102 valence electrons. The molecule has 0 saturated heterocycles. The normalized spacial score (nSPS) is 10.8. The van der Waals surface area contributed by atoms with E-state index in [1.165, 1.54) is 23.0 Å². The molecule has 0 spiro atoms. The predicted molar refractivity (Wildman–Crippen MR) is 78.3 cm³/mol. The van der Waals surface area contributed by atoms with Crippen molar-refractivity contribution >= 4 is 17.3 Å². The van der Waals surface area contributed by atoms with Crippen molar-refractivity contribution in [3.8, 4) is 0 Å². The number of aromatic nitrogens is 1. The van der Waals surface area contributed by atoms with Crippen molar-refractivity contribution in [1.29, 1.82) is 0 Å². The molecule has 0 bridgehead atoms. The highest BCUT2D eigenvalue weighted by Crippen LogP contribution is 2.21. The SMILES string of the molecule is CCn1c(C)cc(CNc2ccc(Cl)cc2F)c1C. The van der Waals surface area contributed by atoms with Crippen LogP contribution in [0.2, 0.25) is 5.02 Å². The summed E-state index contributed by atoms with van der Waals surface area (Å²) in [7, 11) is 0. The second kappa shape index (κ2) is 5.66. The molecule has 2 nitrogen and oxygen atoms in total. The summed E-state index contributed by atoms with van der Waals surface area (Å²) >= 11 is 5.73. The number of anilines is 1. The fourth-order valence-electron chi connectivity index (χ4n) is 2.36. The number of aryl methyl sites for hydroxylation is 1. The maximum absolute atomic E-state index is 13.7. The Labute approximate surface area is 118 Å². The molecule has 0 aliphatic rings. The molecule has 1 aromatic heterocycles. The molecule has 2 rings (SSSR count). The van der Waals surface area contributed by atoms with Gasteiger partial charge in [0.15, 0.2) is 0 Å². The molecule has 2 aromatic rings. The van der Waals surface area contributed by atoms with Gasteiger partial charge in [-0.3, -0.25) is 0 Å². The van der Waals surface area contributed by atoms with Crippen LogP contribution in [-0.2, 0) is 13.1 Å². The van der Waals surface area contributed by atoms with Gasteiger partial charge in [-0.2, -0.15) is 0 Å². The lowest BCUT2D eigenvalue weighted by molar-refractivity contribution is 0.630. The van der Waals surface area contributed by atoms with Crippen molar-refractivity contribution in [2.24, 2.45) is 0 Å². The first kappa shape index (κ1) is 13.9. The van der Waals surface area contributed by atoms with Crippen LogP contribution in [-0.4, -0.2) is 4.57 Å². The number of halogens is 2. The highest BCUT2D eigenvalue weighted by Gasteiger charge is 2.08. The Bertz CT molecular complexity index is 590. The molecule has 0 unspecified atom stereocenters. The molecule has 1 aromatic carbocycles. The van der Waals surface area contributed by atoms with E-state index in [0.717, 1.165) is 6.54 Å². The fourth-order valence-corrected chi connectivity index (χ4v) is 2.52. The Balaban J connectivity index is 2.14. The monoisotopic (exact) mass is 280 g/mol. The highest BCUT2D eigenvalue weighted by atomic mass is 35.5. The number of hydrogen-bond acceptors (Lipinski definition) is 1. The van der Waals surface area contributed by atoms with Gasteiger partial charge >= 0.3 is 0 Å². The molecule has 0 aliphatic carbocycles. The quantitative estimate of drug-likeness (QED) is 0.871. The van der Waals surface area contributed by atoms with Crippen LogP contribution < -0.4 is 5.32 Å². The lowest BCUT2D eigenvalue weighted by Gasteiger charge is -2.09. The van der Waals surface area contributed by atoms with Crippen molar-refractivity contribution in [1.82, 2.24) is 4.57 Å². The van der Waals surface area contributed by atoms with Gasteiger partial charge in [-0.05, 0) is 50.6 Å². The van der Waals surface area contributed by atoms with E-state index in [9.17, 15) is 4.39 Å². The highest BCUT2D eigenvalue weighted by molar-refractivity contribution is 6.30. The van der Waals surface area contributed by atoms with E-state index in [4.69, 9.17) is 11.6 Å². The Morgan fingerprint density at radius 2 is 2.00 bits per heavy atom. The zero-order valence-corrected chi connectivity index (χ0v) is 12.2. The summed E-state index contributed by atoms with van der Waals surface area (Å²) in [6, 6.07) is 6.80. The van der Waals surface area contributed by atoms with Crippen molar-refractivity contribution in [3.63, 3.8) is 0 Å². The minimum Gasteiger partial charge on any atom is -0.379 e. The van der Waals surface area contributed by atoms with Crippen LogP contribution >= 0.6 is 11.6 Å². The summed E-state index contributed by atoms with van der Waals surface area (Å²) < 4.78 is 15.9. The predicted octanol–water partition coefficient (Wildman–Crippen LogP) is 4.53. The smallest absolute Gasteiger partial charge is 0.147 e. The molecular formula is C15H18ClFN2. The number of rotatable bonds is 4. The summed E-state index contributed by atoms with van der Waals surface area (Å²) in [4.78, 5) is 0. The number of nitrogens with one attached hydrogen (secondary N) is 1.